The number of hydrogen-bond donors (Lipinski definition) is 0. The molecule has 1 fully saturated rings. The van der Waals surface area contributed by atoms with Crippen LogP contribution in [0.5, 0.6) is 5.75 Å². The molecule has 94 valence electrons. The maximum atomic E-state index is 6.12. The Kier molecular flexibility index (Phi) is 3.95. The van der Waals surface area contributed by atoms with E-state index in [0.29, 0.717) is 6.61 Å². The molecule has 1 saturated carbocycles. The van der Waals surface area contributed by atoms with Gasteiger partial charge in [0.25, 0.3) is 0 Å². The lowest BCUT2D eigenvalue weighted by atomic mass is 9.90. The molecule has 0 bridgehead atoms. The van der Waals surface area contributed by atoms with Gasteiger partial charge in [0.15, 0.2) is 0 Å². The van der Waals surface area contributed by atoms with E-state index in [0.717, 1.165) is 12.2 Å². The number of benzene rings is 1. The average Bonchev–Trinajstić information content (AvgIpc) is 2.31. The third-order valence-corrected chi connectivity index (χ3v) is 3.80. The molecular weight excluding hydrogens is 236 g/mol. The largest absolute Gasteiger partial charge is 0.487 e. The van der Waals surface area contributed by atoms with Gasteiger partial charge in [0.1, 0.15) is 18.0 Å². The van der Waals surface area contributed by atoms with Crippen LogP contribution in [-0.2, 0) is 4.74 Å². The predicted octanol–water partition coefficient (Wildman–Crippen LogP) is 3.47. The first-order valence-electron chi connectivity index (χ1n) is 6.12. The van der Waals surface area contributed by atoms with Crippen LogP contribution in [0.4, 0.5) is 0 Å². The Hall–Kier alpha value is -0.730. The Morgan fingerprint density at radius 3 is 2.76 bits per heavy atom. The summed E-state index contributed by atoms with van der Waals surface area (Å²) >= 11 is 6.12. The molecule has 1 aliphatic carbocycles. The topological polar surface area (TPSA) is 18.5 Å². The number of aryl methyl sites for hydroxylation is 1. The molecule has 1 aliphatic rings. The molecule has 0 aromatic heterocycles. The van der Waals surface area contributed by atoms with Crippen LogP contribution < -0.4 is 4.74 Å². The molecule has 0 radical (unpaired) electrons. The van der Waals surface area contributed by atoms with Gasteiger partial charge in [0.2, 0.25) is 0 Å². The molecule has 2 rings (SSSR count). The van der Waals surface area contributed by atoms with Gasteiger partial charge in [0, 0.05) is 13.0 Å². The van der Waals surface area contributed by atoms with E-state index in [1.54, 1.807) is 0 Å². The molecule has 0 spiro atoms. The summed E-state index contributed by atoms with van der Waals surface area (Å²) in [5.74, 6) is 0.947. The standard InChI is InChI=1S/C14H19ClO2/c1-4-16-14-11(15)8-13(14)17-12-7-5-6-9(2)10(12)3/h5-7,11,13-14H,4,8H2,1-3H3. The molecule has 0 aliphatic heterocycles. The highest BCUT2D eigenvalue weighted by atomic mass is 35.5. The quantitative estimate of drug-likeness (QED) is 0.766. The van der Waals surface area contributed by atoms with E-state index in [1.165, 1.54) is 11.1 Å². The fraction of sp³-hybridized carbons (Fsp3) is 0.571. The third-order valence-electron chi connectivity index (χ3n) is 3.37. The van der Waals surface area contributed by atoms with Gasteiger partial charge >= 0.3 is 0 Å². The maximum Gasteiger partial charge on any atom is 0.128 e. The van der Waals surface area contributed by atoms with Crippen LogP contribution >= 0.6 is 11.6 Å². The van der Waals surface area contributed by atoms with Crippen LogP contribution in [0.2, 0.25) is 0 Å². The van der Waals surface area contributed by atoms with Gasteiger partial charge in [-0.15, -0.1) is 11.6 Å². The van der Waals surface area contributed by atoms with E-state index in [1.807, 2.05) is 19.1 Å². The zero-order chi connectivity index (χ0) is 12.4. The van der Waals surface area contributed by atoms with Crippen LogP contribution in [-0.4, -0.2) is 24.2 Å². The summed E-state index contributed by atoms with van der Waals surface area (Å²) < 4.78 is 11.6. The summed E-state index contributed by atoms with van der Waals surface area (Å²) in [7, 11) is 0. The molecule has 3 unspecified atom stereocenters. The Balaban J connectivity index is 2.04. The molecule has 0 amide bonds. The second-order valence-electron chi connectivity index (χ2n) is 4.53. The van der Waals surface area contributed by atoms with Gasteiger partial charge in [-0.1, -0.05) is 12.1 Å². The highest BCUT2D eigenvalue weighted by Gasteiger charge is 2.42. The lowest BCUT2D eigenvalue weighted by molar-refractivity contribution is -0.0761. The molecule has 2 nitrogen and oxygen atoms in total. The molecule has 3 atom stereocenters. The van der Waals surface area contributed by atoms with Crippen LogP contribution in [0.25, 0.3) is 0 Å². The highest BCUT2D eigenvalue weighted by Crippen LogP contribution is 2.34. The van der Waals surface area contributed by atoms with Crippen molar-refractivity contribution in [2.45, 2.75) is 44.8 Å². The smallest absolute Gasteiger partial charge is 0.128 e. The van der Waals surface area contributed by atoms with Crippen molar-refractivity contribution in [1.29, 1.82) is 0 Å². The Bertz CT molecular complexity index is 392. The van der Waals surface area contributed by atoms with Crippen molar-refractivity contribution >= 4 is 11.6 Å². The summed E-state index contributed by atoms with van der Waals surface area (Å²) in [6.45, 7) is 6.84. The number of rotatable bonds is 4. The molecule has 0 saturated heterocycles. The van der Waals surface area contributed by atoms with Crippen LogP contribution in [0.3, 0.4) is 0 Å². The molecule has 0 heterocycles. The Morgan fingerprint density at radius 1 is 1.35 bits per heavy atom. The van der Waals surface area contributed by atoms with Gasteiger partial charge in [-0.3, -0.25) is 0 Å². The lowest BCUT2D eigenvalue weighted by Crippen LogP contribution is -2.52. The Morgan fingerprint density at radius 2 is 2.12 bits per heavy atom. The highest BCUT2D eigenvalue weighted by molar-refractivity contribution is 6.21. The first kappa shape index (κ1) is 12.7. The number of halogens is 1. The summed E-state index contributed by atoms with van der Waals surface area (Å²) in [5, 5.41) is 0.0880. The van der Waals surface area contributed by atoms with Gasteiger partial charge in [-0.2, -0.15) is 0 Å². The summed E-state index contributed by atoms with van der Waals surface area (Å²) in [6.07, 6.45) is 0.985. The zero-order valence-corrected chi connectivity index (χ0v) is 11.3. The molecule has 1 aromatic carbocycles. The second kappa shape index (κ2) is 5.28. The van der Waals surface area contributed by atoms with E-state index in [2.05, 4.69) is 19.9 Å². The van der Waals surface area contributed by atoms with Crippen molar-refractivity contribution in [3.63, 3.8) is 0 Å². The van der Waals surface area contributed by atoms with Crippen molar-refractivity contribution in [2.75, 3.05) is 6.61 Å². The predicted molar refractivity (Wildman–Crippen MR) is 70.0 cm³/mol. The SMILES string of the molecule is CCOC1C(Cl)CC1Oc1cccc(C)c1C. The minimum atomic E-state index is 0.0292. The first-order valence-corrected chi connectivity index (χ1v) is 6.55. The van der Waals surface area contributed by atoms with Crippen molar-refractivity contribution in [3.05, 3.63) is 29.3 Å². The van der Waals surface area contributed by atoms with E-state index >= 15 is 0 Å². The molecule has 3 heteroatoms. The fourth-order valence-electron chi connectivity index (χ4n) is 2.06. The minimum absolute atomic E-state index is 0.0292. The minimum Gasteiger partial charge on any atom is -0.487 e. The van der Waals surface area contributed by atoms with Crippen molar-refractivity contribution in [1.82, 2.24) is 0 Å². The van der Waals surface area contributed by atoms with Gasteiger partial charge < -0.3 is 9.47 Å². The number of hydrogen-bond acceptors (Lipinski definition) is 2. The van der Waals surface area contributed by atoms with Crippen LogP contribution in [0, 0.1) is 13.8 Å². The number of alkyl halides is 1. The van der Waals surface area contributed by atoms with Crippen LogP contribution in [0.15, 0.2) is 18.2 Å². The van der Waals surface area contributed by atoms with E-state index in [-0.39, 0.29) is 17.6 Å². The van der Waals surface area contributed by atoms with E-state index in [9.17, 15) is 0 Å². The third kappa shape index (κ3) is 2.58. The fourth-order valence-corrected chi connectivity index (χ4v) is 2.47. The maximum absolute atomic E-state index is 6.12. The molecule has 17 heavy (non-hydrogen) atoms. The molecule has 1 aromatic rings. The van der Waals surface area contributed by atoms with Crippen molar-refractivity contribution in [3.8, 4) is 5.75 Å². The summed E-state index contributed by atoms with van der Waals surface area (Å²) in [5.41, 5.74) is 2.44. The summed E-state index contributed by atoms with van der Waals surface area (Å²) in [6, 6.07) is 6.12. The van der Waals surface area contributed by atoms with Gasteiger partial charge in [-0.25, -0.2) is 0 Å². The van der Waals surface area contributed by atoms with Gasteiger partial charge in [0.05, 0.1) is 5.38 Å². The summed E-state index contributed by atoms with van der Waals surface area (Å²) in [4.78, 5) is 0. The van der Waals surface area contributed by atoms with Crippen molar-refractivity contribution in [2.24, 2.45) is 0 Å². The zero-order valence-electron chi connectivity index (χ0n) is 10.6. The lowest BCUT2D eigenvalue weighted by Gasteiger charge is -2.40. The number of ether oxygens (including phenoxy) is 2. The van der Waals surface area contributed by atoms with E-state index < -0.39 is 0 Å². The Labute approximate surface area is 108 Å². The van der Waals surface area contributed by atoms with Gasteiger partial charge in [-0.05, 0) is 38.0 Å². The molecule has 0 N–H and O–H groups in total. The monoisotopic (exact) mass is 254 g/mol. The normalized spacial score (nSPS) is 27.6. The van der Waals surface area contributed by atoms with E-state index in [4.69, 9.17) is 21.1 Å². The first-order chi connectivity index (χ1) is 8.13. The second-order valence-corrected chi connectivity index (χ2v) is 5.09. The van der Waals surface area contributed by atoms with Crippen LogP contribution in [0.1, 0.15) is 24.5 Å². The van der Waals surface area contributed by atoms with Crippen molar-refractivity contribution < 1.29 is 9.47 Å². The molecular formula is C14H19ClO2. The average molecular weight is 255 g/mol.